The van der Waals surface area contributed by atoms with Crippen LogP contribution in [0.15, 0.2) is 12.1 Å². The number of aromatic nitrogens is 2. The van der Waals surface area contributed by atoms with Gasteiger partial charge in [-0.05, 0) is 26.0 Å². The van der Waals surface area contributed by atoms with Crippen LogP contribution in [0.1, 0.15) is 17.4 Å². The van der Waals surface area contributed by atoms with Gasteiger partial charge < -0.3 is 0 Å². The fourth-order valence-electron chi connectivity index (χ4n) is 1.58. The van der Waals surface area contributed by atoms with Gasteiger partial charge in [0, 0.05) is 0 Å². The van der Waals surface area contributed by atoms with Crippen LogP contribution < -0.4 is 0 Å². The highest BCUT2D eigenvalue weighted by Gasteiger charge is 2.05. The van der Waals surface area contributed by atoms with Crippen molar-refractivity contribution < 1.29 is 0 Å². The van der Waals surface area contributed by atoms with Crippen LogP contribution in [0.3, 0.4) is 0 Å². The molecule has 0 radical (unpaired) electrons. The Kier molecular flexibility index (Phi) is 2.48. The lowest BCUT2D eigenvalue weighted by atomic mass is 10.3. The Hall–Kier alpha value is -1.00. The molecule has 0 spiro atoms. The van der Waals surface area contributed by atoms with Crippen LogP contribution >= 0.6 is 22.7 Å². The van der Waals surface area contributed by atoms with E-state index in [1.807, 2.05) is 13.8 Å². The number of nitrogens with zero attached hydrogens (tertiary/aromatic N) is 2. The molecule has 78 valence electrons. The van der Waals surface area contributed by atoms with Crippen molar-refractivity contribution in [2.45, 2.75) is 21.3 Å². The summed E-state index contributed by atoms with van der Waals surface area (Å²) < 4.78 is 2.47. The average molecular weight is 236 g/mol. The van der Waals surface area contributed by atoms with Crippen LogP contribution in [-0.2, 0) is 0 Å². The molecule has 0 aliphatic carbocycles. The van der Waals surface area contributed by atoms with Gasteiger partial charge in [-0.1, -0.05) is 7.43 Å². The van der Waals surface area contributed by atoms with Crippen molar-refractivity contribution in [2.24, 2.45) is 0 Å². The Morgan fingerprint density at radius 3 is 1.67 bits per heavy atom. The van der Waals surface area contributed by atoms with Crippen molar-refractivity contribution >= 4 is 43.1 Å². The first kappa shape index (κ1) is 10.5. The van der Waals surface area contributed by atoms with Crippen LogP contribution in [0.2, 0.25) is 0 Å². The Bertz CT molecular complexity index is 519. The summed E-state index contributed by atoms with van der Waals surface area (Å²) in [6.07, 6.45) is 0. The molecule has 0 fully saturated rings. The monoisotopic (exact) mass is 236 g/mol. The zero-order valence-electron chi connectivity index (χ0n) is 7.87. The van der Waals surface area contributed by atoms with Gasteiger partial charge >= 0.3 is 0 Å². The van der Waals surface area contributed by atoms with Gasteiger partial charge in [0.25, 0.3) is 0 Å². The normalized spacial score (nSPS) is 10.8. The van der Waals surface area contributed by atoms with Crippen molar-refractivity contribution in [2.75, 3.05) is 0 Å². The third-order valence-corrected chi connectivity index (χ3v) is 3.98. The maximum atomic E-state index is 4.47. The second-order valence-electron chi connectivity index (χ2n) is 3.25. The molecule has 0 aliphatic rings. The van der Waals surface area contributed by atoms with Crippen molar-refractivity contribution in [3.63, 3.8) is 0 Å². The number of aryl methyl sites for hydroxylation is 2. The maximum absolute atomic E-state index is 4.47. The molecule has 0 saturated carbocycles. The lowest BCUT2D eigenvalue weighted by Gasteiger charge is -1.86. The molecule has 4 heteroatoms. The molecule has 0 N–H and O–H groups in total. The summed E-state index contributed by atoms with van der Waals surface area (Å²) in [5.41, 5.74) is 2.20. The Balaban J connectivity index is 0.000000853. The van der Waals surface area contributed by atoms with E-state index >= 15 is 0 Å². The van der Waals surface area contributed by atoms with Gasteiger partial charge in [0.15, 0.2) is 0 Å². The first-order valence-corrected chi connectivity index (χ1v) is 6.00. The molecule has 0 amide bonds. The molecule has 2 nitrogen and oxygen atoms in total. The summed E-state index contributed by atoms with van der Waals surface area (Å²) in [5.74, 6) is 0. The minimum Gasteiger partial charge on any atom is -0.241 e. The van der Waals surface area contributed by atoms with Crippen LogP contribution in [0, 0.1) is 13.8 Å². The van der Waals surface area contributed by atoms with Crippen LogP contribution in [0.5, 0.6) is 0 Å². The van der Waals surface area contributed by atoms with Crippen LogP contribution in [-0.4, -0.2) is 9.97 Å². The van der Waals surface area contributed by atoms with Crippen LogP contribution in [0.25, 0.3) is 20.4 Å². The van der Waals surface area contributed by atoms with E-state index in [0.717, 1.165) is 21.0 Å². The van der Waals surface area contributed by atoms with E-state index in [1.165, 1.54) is 9.40 Å². The van der Waals surface area contributed by atoms with E-state index in [4.69, 9.17) is 0 Å². The molecule has 3 aromatic rings. The first-order chi connectivity index (χ1) is 6.72. The topological polar surface area (TPSA) is 25.8 Å². The summed E-state index contributed by atoms with van der Waals surface area (Å²) in [6, 6.07) is 4.28. The average Bonchev–Trinajstić information content (AvgIpc) is 2.59. The van der Waals surface area contributed by atoms with E-state index < -0.39 is 0 Å². The zero-order valence-corrected chi connectivity index (χ0v) is 9.50. The Morgan fingerprint density at radius 1 is 0.867 bits per heavy atom. The number of fused-ring (bicyclic) bond motifs is 2. The molecule has 0 atom stereocenters. The van der Waals surface area contributed by atoms with Gasteiger partial charge in [0.2, 0.25) is 0 Å². The number of thiazole rings is 2. The fourth-order valence-corrected chi connectivity index (χ4v) is 3.26. The number of hydrogen-bond donors (Lipinski definition) is 0. The van der Waals surface area contributed by atoms with Crippen molar-refractivity contribution in [3.8, 4) is 0 Å². The molecule has 2 aromatic heterocycles. The smallest absolute Gasteiger partial charge is 0.0907 e. The Labute approximate surface area is 96.6 Å². The summed E-state index contributed by atoms with van der Waals surface area (Å²) in [4.78, 5) is 8.94. The summed E-state index contributed by atoms with van der Waals surface area (Å²) in [5, 5.41) is 2.24. The minimum absolute atomic E-state index is 0. The van der Waals surface area contributed by atoms with Gasteiger partial charge in [-0.2, -0.15) is 0 Å². The third kappa shape index (κ3) is 1.64. The highest BCUT2D eigenvalue weighted by molar-refractivity contribution is 7.20. The standard InChI is InChI=1S/C10H8N2S2.CH4/c1-5-11-7-3-10-8(4-9(7)13-5)12-6(2)14-10;/h3-4H,1-2H3;1H4. The molecule has 2 heterocycles. The SMILES string of the molecule is C.Cc1nc2cc3sc(C)nc3cc2s1. The second kappa shape index (κ2) is 3.54. The zero-order chi connectivity index (χ0) is 9.71. The third-order valence-electron chi connectivity index (χ3n) is 2.11. The predicted octanol–water partition coefficient (Wildman–Crippen LogP) is 4.16. The first-order valence-electron chi connectivity index (χ1n) is 4.37. The highest BCUT2D eigenvalue weighted by Crippen LogP contribution is 2.29. The fraction of sp³-hybridized carbons (Fsp3) is 0.273. The van der Waals surface area contributed by atoms with Crippen molar-refractivity contribution in [1.29, 1.82) is 0 Å². The summed E-state index contributed by atoms with van der Waals surface area (Å²) in [6.45, 7) is 4.08. The number of benzene rings is 1. The molecule has 0 bridgehead atoms. The summed E-state index contributed by atoms with van der Waals surface area (Å²) >= 11 is 3.46. The predicted molar refractivity (Wildman–Crippen MR) is 69.0 cm³/mol. The van der Waals surface area contributed by atoms with E-state index in [2.05, 4.69) is 22.1 Å². The maximum Gasteiger partial charge on any atom is 0.0907 e. The lowest BCUT2D eigenvalue weighted by Crippen LogP contribution is -1.70. The van der Waals surface area contributed by atoms with E-state index in [-0.39, 0.29) is 7.43 Å². The van der Waals surface area contributed by atoms with E-state index in [9.17, 15) is 0 Å². The molecule has 0 aliphatic heterocycles. The van der Waals surface area contributed by atoms with Crippen molar-refractivity contribution in [1.82, 2.24) is 9.97 Å². The van der Waals surface area contributed by atoms with Gasteiger partial charge in [0.1, 0.15) is 0 Å². The number of hydrogen-bond acceptors (Lipinski definition) is 4. The quantitative estimate of drug-likeness (QED) is 0.585. The Morgan fingerprint density at radius 2 is 1.27 bits per heavy atom. The summed E-state index contributed by atoms with van der Waals surface area (Å²) in [7, 11) is 0. The highest BCUT2D eigenvalue weighted by atomic mass is 32.1. The molecular weight excluding hydrogens is 224 g/mol. The van der Waals surface area contributed by atoms with Gasteiger partial charge in [-0.25, -0.2) is 9.97 Å². The van der Waals surface area contributed by atoms with Gasteiger partial charge in [0.05, 0.1) is 30.4 Å². The second-order valence-corrected chi connectivity index (χ2v) is 5.72. The molecular formula is C11H12N2S2. The van der Waals surface area contributed by atoms with Crippen molar-refractivity contribution in [3.05, 3.63) is 22.1 Å². The molecule has 3 rings (SSSR count). The van der Waals surface area contributed by atoms with Gasteiger partial charge in [-0.15, -0.1) is 22.7 Å². The largest absolute Gasteiger partial charge is 0.241 e. The molecule has 0 saturated heterocycles. The molecule has 0 unspecified atom stereocenters. The molecule has 15 heavy (non-hydrogen) atoms. The molecule has 1 aromatic carbocycles. The minimum atomic E-state index is 0. The lowest BCUT2D eigenvalue weighted by molar-refractivity contribution is 1.34. The van der Waals surface area contributed by atoms with Crippen LogP contribution in [0.4, 0.5) is 0 Å². The number of rotatable bonds is 0. The van der Waals surface area contributed by atoms with E-state index in [1.54, 1.807) is 22.7 Å². The van der Waals surface area contributed by atoms with E-state index in [0.29, 0.717) is 0 Å². The van der Waals surface area contributed by atoms with Gasteiger partial charge in [-0.3, -0.25) is 0 Å².